The molecule has 0 saturated carbocycles. The Hall–Kier alpha value is -3.74. The minimum Gasteiger partial charge on any atom is -0.291 e. The predicted molar refractivity (Wildman–Crippen MR) is 94.6 cm³/mol. The first kappa shape index (κ1) is 16.1. The molecule has 0 unspecified atom stereocenters. The fourth-order valence-corrected chi connectivity index (χ4v) is 2.12. The van der Waals surface area contributed by atoms with E-state index >= 15 is 0 Å². The van der Waals surface area contributed by atoms with E-state index < -0.39 is 5.91 Å². The van der Waals surface area contributed by atoms with Gasteiger partial charge in [-0.2, -0.15) is 9.67 Å². The van der Waals surface area contributed by atoms with E-state index in [9.17, 15) is 9.59 Å². The van der Waals surface area contributed by atoms with Crippen LogP contribution in [0.15, 0.2) is 73.3 Å². The van der Waals surface area contributed by atoms with Crippen molar-refractivity contribution in [2.24, 2.45) is 0 Å². The molecular formula is C18H15N5O2. The fourth-order valence-electron chi connectivity index (χ4n) is 2.12. The summed E-state index contributed by atoms with van der Waals surface area (Å²) in [6, 6.07) is 17.9. The molecule has 0 saturated heterocycles. The number of carbonyl (C=O) groups excluding carboxylic acids is 2. The molecule has 7 nitrogen and oxygen atoms in total. The third-order valence-corrected chi connectivity index (χ3v) is 3.29. The Labute approximate surface area is 144 Å². The molecule has 0 bridgehead atoms. The monoisotopic (exact) mass is 333 g/mol. The molecule has 7 heteroatoms. The van der Waals surface area contributed by atoms with Crippen molar-refractivity contribution in [2.45, 2.75) is 0 Å². The highest BCUT2D eigenvalue weighted by Crippen LogP contribution is 2.16. The molecule has 3 aromatic rings. The number of para-hydroxylation sites is 1. The lowest BCUT2D eigenvalue weighted by molar-refractivity contribution is -0.111. The highest BCUT2D eigenvalue weighted by atomic mass is 16.2. The molecule has 0 aliphatic carbocycles. The number of rotatable bonds is 5. The SMILES string of the molecule is C=CC(=O)Nc1nc(NC(=O)c2ccccc2)nn1-c1ccccc1. The molecule has 0 aliphatic rings. The van der Waals surface area contributed by atoms with Gasteiger partial charge in [0.05, 0.1) is 5.69 Å². The van der Waals surface area contributed by atoms with Gasteiger partial charge in [-0.15, -0.1) is 5.10 Å². The summed E-state index contributed by atoms with van der Waals surface area (Å²) in [7, 11) is 0. The summed E-state index contributed by atoms with van der Waals surface area (Å²) < 4.78 is 1.43. The molecule has 0 spiro atoms. The van der Waals surface area contributed by atoms with E-state index in [4.69, 9.17) is 0 Å². The maximum Gasteiger partial charge on any atom is 0.258 e. The van der Waals surface area contributed by atoms with Gasteiger partial charge in [-0.25, -0.2) is 0 Å². The summed E-state index contributed by atoms with van der Waals surface area (Å²) in [6.07, 6.45) is 1.13. The zero-order valence-corrected chi connectivity index (χ0v) is 13.2. The second kappa shape index (κ2) is 7.22. The van der Waals surface area contributed by atoms with Gasteiger partial charge in [0, 0.05) is 5.56 Å². The lowest BCUT2D eigenvalue weighted by atomic mass is 10.2. The highest BCUT2D eigenvalue weighted by Gasteiger charge is 2.15. The Morgan fingerprint density at radius 3 is 2.24 bits per heavy atom. The summed E-state index contributed by atoms with van der Waals surface area (Å²) in [5.74, 6) is -0.505. The Morgan fingerprint density at radius 1 is 0.960 bits per heavy atom. The zero-order chi connectivity index (χ0) is 17.6. The van der Waals surface area contributed by atoms with E-state index in [1.54, 1.807) is 36.4 Å². The Morgan fingerprint density at radius 2 is 1.60 bits per heavy atom. The van der Waals surface area contributed by atoms with Crippen molar-refractivity contribution in [3.05, 3.63) is 78.9 Å². The van der Waals surface area contributed by atoms with Gasteiger partial charge in [0.2, 0.25) is 11.9 Å². The highest BCUT2D eigenvalue weighted by molar-refractivity contribution is 6.03. The van der Waals surface area contributed by atoms with E-state index in [1.807, 2.05) is 24.3 Å². The van der Waals surface area contributed by atoms with Crippen LogP contribution in [0.3, 0.4) is 0 Å². The summed E-state index contributed by atoms with van der Waals surface area (Å²) in [5, 5.41) is 9.45. The first-order chi connectivity index (χ1) is 12.2. The van der Waals surface area contributed by atoms with Crippen molar-refractivity contribution in [1.29, 1.82) is 0 Å². The first-order valence-corrected chi connectivity index (χ1v) is 7.49. The van der Waals surface area contributed by atoms with Crippen molar-refractivity contribution in [3.8, 4) is 5.69 Å². The number of aromatic nitrogens is 3. The van der Waals surface area contributed by atoms with Crippen molar-refractivity contribution in [2.75, 3.05) is 10.6 Å². The van der Waals surface area contributed by atoms with Gasteiger partial charge in [0.25, 0.3) is 11.9 Å². The van der Waals surface area contributed by atoms with Gasteiger partial charge < -0.3 is 0 Å². The first-order valence-electron chi connectivity index (χ1n) is 7.49. The number of carbonyl (C=O) groups is 2. The molecule has 0 radical (unpaired) electrons. The smallest absolute Gasteiger partial charge is 0.258 e. The maximum absolute atomic E-state index is 12.2. The molecule has 1 heterocycles. The summed E-state index contributed by atoms with van der Waals surface area (Å²) in [4.78, 5) is 28.0. The second-order valence-corrected chi connectivity index (χ2v) is 5.02. The van der Waals surface area contributed by atoms with E-state index in [0.717, 1.165) is 6.08 Å². The van der Waals surface area contributed by atoms with Crippen LogP contribution < -0.4 is 10.6 Å². The number of amides is 2. The zero-order valence-electron chi connectivity index (χ0n) is 13.2. The Balaban J connectivity index is 1.91. The van der Waals surface area contributed by atoms with Crippen LogP contribution in [-0.4, -0.2) is 26.6 Å². The van der Waals surface area contributed by atoms with Crippen molar-refractivity contribution in [1.82, 2.24) is 14.8 Å². The lowest BCUT2D eigenvalue weighted by Crippen LogP contribution is -2.13. The van der Waals surface area contributed by atoms with Crippen molar-refractivity contribution < 1.29 is 9.59 Å². The topological polar surface area (TPSA) is 88.9 Å². The minimum absolute atomic E-state index is 0.0806. The van der Waals surface area contributed by atoms with Crippen LogP contribution in [0.25, 0.3) is 5.69 Å². The van der Waals surface area contributed by atoms with Gasteiger partial charge in [-0.3, -0.25) is 20.2 Å². The Kier molecular flexibility index (Phi) is 4.66. The van der Waals surface area contributed by atoms with Crippen LogP contribution in [0.5, 0.6) is 0 Å². The molecule has 124 valence electrons. The fraction of sp³-hybridized carbons (Fsp3) is 0. The third kappa shape index (κ3) is 3.78. The van der Waals surface area contributed by atoms with Gasteiger partial charge in [0.15, 0.2) is 0 Å². The van der Waals surface area contributed by atoms with Gasteiger partial charge >= 0.3 is 0 Å². The average molecular weight is 333 g/mol. The number of hydrogen-bond acceptors (Lipinski definition) is 4. The molecule has 1 aromatic heterocycles. The van der Waals surface area contributed by atoms with Crippen LogP contribution >= 0.6 is 0 Å². The largest absolute Gasteiger partial charge is 0.291 e. The second-order valence-electron chi connectivity index (χ2n) is 5.02. The number of benzene rings is 2. The molecule has 3 rings (SSSR count). The lowest BCUT2D eigenvalue weighted by Gasteiger charge is -2.04. The van der Waals surface area contributed by atoms with Crippen LogP contribution in [0.4, 0.5) is 11.9 Å². The summed E-state index contributed by atoms with van der Waals surface area (Å²) in [6.45, 7) is 3.41. The van der Waals surface area contributed by atoms with E-state index in [0.29, 0.717) is 11.3 Å². The number of hydrogen-bond donors (Lipinski definition) is 2. The molecule has 0 atom stereocenters. The molecular weight excluding hydrogens is 318 g/mol. The van der Waals surface area contributed by atoms with Crippen LogP contribution in [0.1, 0.15) is 10.4 Å². The number of nitrogens with one attached hydrogen (secondary N) is 2. The number of nitrogens with zero attached hydrogens (tertiary/aromatic N) is 3. The van der Waals surface area contributed by atoms with Crippen molar-refractivity contribution in [3.63, 3.8) is 0 Å². The molecule has 0 aliphatic heterocycles. The van der Waals surface area contributed by atoms with Gasteiger partial charge in [0.1, 0.15) is 0 Å². The number of anilines is 2. The van der Waals surface area contributed by atoms with Crippen molar-refractivity contribution >= 4 is 23.7 Å². The Bertz CT molecular complexity index is 904. The maximum atomic E-state index is 12.2. The van der Waals surface area contributed by atoms with Crippen LogP contribution in [0, 0.1) is 0 Å². The van der Waals surface area contributed by atoms with E-state index in [2.05, 4.69) is 27.3 Å². The average Bonchev–Trinajstić information content (AvgIpc) is 3.05. The third-order valence-electron chi connectivity index (χ3n) is 3.29. The molecule has 2 aromatic carbocycles. The molecule has 0 fully saturated rings. The predicted octanol–water partition coefficient (Wildman–Crippen LogP) is 2.64. The van der Waals surface area contributed by atoms with Gasteiger partial charge in [-0.05, 0) is 30.3 Å². The molecule has 2 amide bonds. The van der Waals surface area contributed by atoms with E-state index in [1.165, 1.54) is 4.68 Å². The molecule has 2 N–H and O–H groups in total. The normalized spacial score (nSPS) is 10.1. The standard InChI is InChI=1S/C18H15N5O2/c1-2-15(24)19-18-21-17(20-16(25)13-9-5-3-6-10-13)22-23(18)14-11-7-4-8-12-14/h2-12H,1H2,(H2,19,20,21,22,24,25). The molecule has 25 heavy (non-hydrogen) atoms. The quantitative estimate of drug-likeness (QED) is 0.703. The van der Waals surface area contributed by atoms with Gasteiger partial charge in [-0.1, -0.05) is 43.0 Å². The van der Waals surface area contributed by atoms with E-state index in [-0.39, 0.29) is 17.8 Å². The van der Waals surface area contributed by atoms with Crippen LogP contribution in [0.2, 0.25) is 0 Å². The minimum atomic E-state index is -0.425. The summed E-state index contributed by atoms with van der Waals surface area (Å²) >= 11 is 0. The van der Waals surface area contributed by atoms with Crippen LogP contribution in [-0.2, 0) is 4.79 Å². The summed E-state index contributed by atoms with van der Waals surface area (Å²) in [5.41, 5.74) is 1.17.